The van der Waals surface area contributed by atoms with Gasteiger partial charge in [0.05, 0.1) is 18.4 Å². The van der Waals surface area contributed by atoms with E-state index >= 15 is 0 Å². The predicted molar refractivity (Wildman–Crippen MR) is 92.6 cm³/mol. The summed E-state index contributed by atoms with van der Waals surface area (Å²) in [6.45, 7) is -2.69. The van der Waals surface area contributed by atoms with Gasteiger partial charge in [0.2, 0.25) is 5.91 Å². The maximum atomic E-state index is 12.8. The second-order valence-corrected chi connectivity index (χ2v) is 5.61. The zero-order valence-electron chi connectivity index (χ0n) is 14.0. The first-order valence-corrected chi connectivity index (χ1v) is 7.88. The topological polar surface area (TPSA) is 56.0 Å². The van der Waals surface area contributed by atoms with Crippen molar-refractivity contribution in [2.75, 3.05) is 7.05 Å². The molecule has 1 aromatic carbocycles. The number of hydrogen-bond acceptors (Lipinski definition) is 3. The van der Waals surface area contributed by atoms with Crippen molar-refractivity contribution in [3.63, 3.8) is 0 Å². The molecule has 0 bridgehead atoms. The van der Waals surface area contributed by atoms with Crippen LogP contribution in [0.4, 0.5) is 8.78 Å². The minimum atomic E-state index is -2.68. The Morgan fingerprint density at radius 3 is 2.81 bits per heavy atom. The highest BCUT2D eigenvalue weighted by atomic mass is 19.3. The number of benzene rings is 1. The van der Waals surface area contributed by atoms with E-state index in [1.165, 1.54) is 30.4 Å². The molecule has 0 saturated heterocycles. The predicted octanol–water partition coefficient (Wildman–Crippen LogP) is 3.14. The Bertz CT molecular complexity index is 901. The summed E-state index contributed by atoms with van der Waals surface area (Å²) in [5, 5.41) is 4.24. The molecule has 0 radical (unpaired) electrons. The minimum Gasteiger partial charge on any atom is -0.335 e. The molecule has 3 rings (SSSR count). The molecular formula is C18H17F2N5O. The first-order valence-electron chi connectivity index (χ1n) is 7.88. The Morgan fingerprint density at radius 1 is 1.31 bits per heavy atom. The molecule has 0 spiro atoms. The van der Waals surface area contributed by atoms with Crippen molar-refractivity contribution in [2.24, 2.45) is 0 Å². The summed E-state index contributed by atoms with van der Waals surface area (Å²) in [4.78, 5) is 17.4. The highest BCUT2D eigenvalue weighted by Crippen LogP contribution is 2.14. The monoisotopic (exact) mass is 357 g/mol. The van der Waals surface area contributed by atoms with Crippen LogP contribution >= 0.6 is 0 Å². The lowest BCUT2D eigenvalue weighted by Gasteiger charge is -2.15. The summed E-state index contributed by atoms with van der Waals surface area (Å²) in [5.74, 6) is -0.192. The Morgan fingerprint density at radius 2 is 2.08 bits per heavy atom. The number of carbonyl (C=O) groups is 1. The van der Waals surface area contributed by atoms with Gasteiger partial charge in [-0.05, 0) is 18.2 Å². The van der Waals surface area contributed by atoms with E-state index in [2.05, 4.69) is 10.1 Å². The molecular weight excluding hydrogens is 340 g/mol. The van der Waals surface area contributed by atoms with E-state index in [1.54, 1.807) is 23.2 Å². The largest absolute Gasteiger partial charge is 0.335 e. The number of hydrogen-bond donors (Lipinski definition) is 0. The summed E-state index contributed by atoms with van der Waals surface area (Å²) in [6.07, 6.45) is 8.91. The number of nitrogens with zero attached hydrogens (tertiary/aromatic N) is 5. The fraction of sp³-hybridized carbons (Fsp3) is 0.167. The average Bonchev–Trinajstić information content (AvgIpc) is 3.29. The smallest absolute Gasteiger partial charge is 0.319 e. The molecule has 2 heterocycles. The highest BCUT2D eigenvalue weighted by molar-refractivity contribution is 5.91. The van der Waals surface area contributed by atoms with Gasteiger partial charge in [0.1, 0.15) is 5.82 Å². The normalized spacial score (nSPS) is 11.4. The molecule has 26 heavy (non-hydrogen) atoms. The maximum Gasteiger partial charge on any atom is 0.319 e. The van der Waals surface area contributed by atoms with Gasteiger partial charge in [0, 0.05) is 37.3 Å². The van der Waals surface area contributed by atoms with Crippen molar-refractivity contribution in [1.82, 2.24) is 24.2 Å². The van der Waals surface area contributed by atoms with Gasteiger partial charge in [0.25, 0.3) is 0 Å². The minimum absolute atomic E-state index is 0.0101. The zero-order chi connectivity index (χ0) is 18.5. The molecule has 0 N–H and O–H groups in total. The molecule has 0 unspecified atom stereocenters. The molecule has 0 aliphatic rings. The highest BCUT2D eigenvalue weighted by Gasteiger charge is 2.14. The fourth-order valence-corrected chi connectivity index (χ4v) is 2.37. The van der Waals surface area contributed by atoms with Gasteiger partial charge in [-0.2, -0.15) is 13.9 Å². The lowest BCUT2D eigenvalue weighted by Crippen LogP contribution is -2.26. The molecule has 2 aromatic heterocycles. The molecule has 0 fully saturated rings. The van der Waals surface area contributed by atoms with E-state index in [1.807, 2.05) is 30.3 Å². The summed E-state index contributed by atoms with van der Waals surface area (Å²) in [6, 6.07) is 9.58. The van der Waals surface area contributed by atoms with E-state index in [4.69, 9.17) is 0 Å². The van der Waals surface area contributed by atoms with Gasteiger partial charge in [-0.1, -0.05) is 18.2 Å². The van der Waals surface area contributed by atoms with Gasteiger partial charge in [0.15, 0.2) is 0 Å². The van der Waals surface area contributed by atoms with Crippen molar-refractivity contribution in [3.8, 4) is 5.69 Å². The van der Waals surface area contributed by atoms with Crippen LogP contribution in [-0.2, 0) is 11.3 Å². The number of amides is 1. The van der Waals surface area contributed by atoms with Crippen molar-refractivity contribution in [2.45, 2.75) is 13.1 Å². The molecule has 134 valence electrons. The number of rotatable bonds is 6. The summed E-state index contributed by atoms with van der Waals surface area (Å²) >= 11 is 0. The third-order valence-corrected chi connectivity index (χ3v) is 3.76. The standard InChI is InChI=1S/C18H17F2N5O/c1-23(13-16-21-9-10-24(16)18(19)20)17(26)8-7-14-11-22-25(12-14)15-5-3-2-4-6-15/h2-12,18H,13H2,1H3/b8-7+. The molecule has 0 aliphatic carbocycles. The molecule has 0 saturated carbocycles. The first kappa shape index (κ1) is 17.5. The quantitative estimate of drug-likeness (QED) is 0.637. The van der Waals surface area contributed by atoms with Gasteiger partial charge in [-0.3, -0.25) is 9.36 Å². The fourth-order valence-electron chi connectivity index (χ4n) is 2.37. The lowest BCUT2D eigenvalue weighted by atomic mass is 10.3. The molecule has 1 amide bonds. The van der Waals surface area contributed by atoms with Gasteiger partial charge < -0.3 is 4.90 Å². The summed E-state index contributed by atoms with van der Waals surface area (Å²) in [5.41, 5.74) is 1.67. The van der Waals surface area contributed by atoms with Crippen molar-refractivity contribution in [1.29, 1.82) is 0 Å². The Labute approximate surface area is 149 Å². The number of alkyl halides is 2. The van der Waals surface area contributed by atoms with E-state index in [-0.39, 0.29) is 18.3 Å². The Hall–Kier alpha value is -3.29. The average molecular weight is 357 g/mol. The first-order chi connectivity index (χ1) is 12.5. The number of carbonyl (C=O) groups excluding carboxylic acids is 1. The number of aromatic nitrogens is 4. The summed E-state index contributed by atoms with van der Waals surface area (Å²) in [7, 11) is 1.53. The number of para-hydroxylation sites is 1. The zero-order valence-corrected chi connectivity index (χ0v) is 14.0. The van der Waals surface area contributed by atoms with Crippen LogP contribution in [0.2, 0.25) is 0 Å². The van der Waals surface area contributed by atoms with Crippen LogP contribution in [0.25, 0.3) is 11.8 Å². The van der Waals surface area contributed by atoms with Crippen LogP contribution in [0.3, 0.4) is 0 Å². The van der Waals surface area contributed by atoms with Crippen LogP contribution in [0.5, 0.6) is 0 Å². The third kappa shape index (κ3) is 4.02. The second kappa shape index (κ2) is 7.73. The molecule has 8 heteroatoms. The SMILES string of the molecule is CN(Cc1nccn1C(F)F)C(=O)/C=C/c1cnn(-c2ccccc2)c1. The Balaban J connectivity index is 1.64. The maximum absolute atomic E-state index is 12.8. The van der Waals surface area contributed by atoms with Crippen LogP contribution < -0.4 is 0 Å². The van der Waals surface area contributed by atoms with E-state index in [0.717, 1.165) is 15.8 Å². The van der Waals surface area contributed by atoms with Gasteiger partial charge >= 0.3 is 6.55 Å². The van der Waals surface area contributed by atoms with E-state index in [0.29, 0.717) is 0 Å². The van der Waals surface area contributed by atoms with E-state index in [9.17, 15) is 13.6 Å². The molecule has 6 nitrogen and oxygen atoms in total. The Kier molecular flexibility index (Phi) is 5.21. The molecule has 0 atom stereocenters. The molecule has 3 aromatic rings. The van der Waals surface area contributed by atoms with Crippen molar-refractivity contribution in [3.05, 3.63) is 72.6 Å². The second-order valence-electron chi connectivity index (χ2n) is 5.61. The van der Waals surface area contributed by atoms with Crippen molar-refractivity contribution >= 4 is 12.0 Å². The lowest BCUT2D eigenvalue weighted by molar-refractivity contribution is -0.125. The number of imidazole rings is 1. The molecule has 0 aliphatic heterocycles. The third-order valence-electron chi connectivity index (χ3n) is 3.76. The number of halogens is 2. The van der Waals surface area contributed by atoms with Crippen LogP contribution in [-0.4, -0.2) is 37.2 Å². The summed E-state index contributed by atoms with van der Waals surface area (Å²) < 4.78 is 28.1. The van der Waals surface area contributed by atoms with Crippen LogP contribution in [0.1, 0.15) is 17.9 Å². The number of likely N-dealkylation sites (N-methyl/N-ethyl adjacent to an activating group) is 1. The van der Waals surface area contributed by atoms with Crippen LogP contribution in [0.15, 0.2) is 61.2 Å². The van der Waals surface area contributed by atoms with E-state index < -0.39 is 6.55 Å². The van der Waals surface area contributed by atoms with Gasteiger partial charge in [-0.25, -0.2) is 9.67 Å². The van der Waals surface area contributed by atoms with Crippen LogP contribution in [0, 0.1) is 0 Å². The van der Waals surface area contributed by atoms with Gasteiger partial charge in [-0.15, -0.1) is 0 Å². The van der Waals surface area contributed by atoms with Crippen molar-refractivity contribution < 1.29 is 13.6 Å².